The fourth-order valence-corrected chi connectivity index (χ4v) is 10.1. The van der Waals surface area contributed by atoms with Crippen LogP contribution in [-0.2, 0) is 0 Å². The highest BCUT2D eigenvalue weighted by Gasteiger charge is 2.25. The molecule has 9 rings (SSSR count). The number of anilines is 10. The summed E-state index contributed by atoms with van der Waals surface area (Å²) in [5.41, 5.74) is 12.3. The first-order valence-electron chi connectivity index (χ1n) is 21.6. The Morgan fingerprint density at radius 1 is 0.304 bits per heavy atom. The quantitative estimate of drug-likeness (QED) is 0.141. The first-order valence-corrected chi connectivity index (χ1v) is 21.6. The molecule has 0 spiro atoms. The van der Waals surface area contributed by atoms with Gasteiger partial charge in [-0.05, 0) is 200 Å². The van der Waals surface area contributed by atoms with Gasteiger partial charge in [-0.25, -0.2) is 0 Å². The molecule has 4 aliphatic rings. The van der Waals surface area contributed by atoms with Gasteiger partial charge in [0.05, 0.1) is 0 Å². The van der Waals surface area contributed by atoms with E-state index in [1.165, 1.54) is 96.9 Å². The lowest BCUT2D eigenvalue weighted by Crippen LogP contribution is -2.26. The van der Waals surface area contributed by atoms with Crippen molar-refractivity contribution < 1.29 is 0 Å². The summed E-state index contributed by atoms with van der Waals surface area (Å²) in [7, 11) is 0. The second-order valence-corrected chi connectivity index (χ2v) is 17.0. The van der Waals surface area contributed by atoms with Crippen molar-refractivity contribution in [2.75, 3.05) is 55.6 Å². The molecule has 4 heterocycles. The van der Waals surface area contributed by atoms with E-state index < -0.39 is 0 Å². The molecule has 0 aromatic heterocycles. The van der Waals surface area contributed by atoms with Crippen LogP contribution in [-0.4, -0.2) is 50.3 Å². The number of hydrogen-bond donors (Lipinski definition) is 0. The zero-order valence-electron chi connectivity index (χ0n) is 34.0. The molecule has 5 aromatic carbocycles. The van der Waals surface area contributed by atoms with Gasteiger partial charge in [-0.3, -0.25) is 0 Å². The van der Waals surface area contributed by atoms with E-state index in [1.807, 2.05) is 0 Å². The van der Waals surface area contributed by atoms with Crippen molar-refractivity contribution in [3.63, 3.8) is 0 Å². The van der Waals surface area contributed by atoms with E-state index in [1.54, 1.807) is 0 Å². The molecule has 4 aliphatic heterocycles. The molecule has 6 heteroatoms. The zero-order chi connectivity index (χ0) is 38.2. The zero-order valence-corrected chi connectivity index (χ0v) is 34.0. The smallest absolute Gasteiger partial charge is 0.0463 e. The van der Waals surface area contributed by atoms with Crippen LogP contribution in [0, 0.1) is 0 Å². The molecule has 56 heavy (non-hydrogen) atoms. The summed E-state index contributed by atoms with van der Waals surface area (Å²) in [6, 6.07) is 48.6. The maximum absolute atomic E-state index is 2.56. The Bertz CT molecular complexity index is 1770. The first kappa shape index (κ1) is 36.5. The second kappa shape index (κ2) is 15.8. The molecule has 4 atom stereocenters. The minimum Gasteiger partial charge on any atom is -0.369 e. The Morgan fingerprint density at radius 2 is 0.482 bits per heavy atom. The molecule has 0 saturated carbocycles. The third-order valence-electron chi connectivity index (χ3n) is 13.3. The molecular weight excluding hydrogens is 685 g/mol. The molecule has 5 aromatic rings. The first-order chi connectivity index (χ1) is 27.4. The third-order valence-corrected chi connectivity index (χ3v) is 13.3. The van der Waals surface area contributed by atoms with Crippen molar-refractivity contribution in [2.45, 2.75) is 103 Å². The number of hydrogen-bond acceptors (Lipinski definition) is 6. The molecular formula is C50H60N6. The van der Waals surface area contributed by atoms with Crippen molar-refractivity contribution in [3.8, 4) is 0 Å². The summed E-state index contributed by atoms with van der Waals surface area (Å²) < 4.78 is 0. The van der Waals surface area contributed by atoms with E-state index in [0.29, 0.717) is 24.2 Å². The van der Waals surface area contributed by atoms with Gasteiger partial charge < -0.3 is 29.4 Å². The summed E-state index contributed by atoms with van der Waals surface area (Å²) in [5.74, 6) is 0. The monoisotopic (exact) mass is 744 g/mol. The van der Waals surface area contributed by atoms with Crippen molar-refractivity contribution >= 4 is 56.9 Å². The average molecular weight is 745 g/mol. The summed E-state index contributed by atoms with van der Waals surface area (Å²) >= 11 is 0. The van der Waals surface area contributed by atoms with E-state index in [4.69, 9.17) is 0 Å². The molecule has 0 bridgehead atoms. The van der Waals surface area contributed by atoms with Crippen molar-refractivity contribution in [1.29, 1.82) is 0 Å². The molecule has 4 fully saturated rings. The van der Waals surface area contributed by atoms with Crippen LogP contribution in [0.3, 0.4) is 0 Å². The van der Waals surface area contributed by atoms with Gasteiger partial charge in [0.2, 0.25) is 0 Å². The Labute approximate surface area is 335 Å². The average Bonchev–Trinajstić information content (AvgIpc) is 4.06. The Balaban J connectivity index is 1.06. The summed E-state index contributed by atoms with van der Waals surface area (Å²) in [4.78, 5) is 15.1. The van der Waals surface area contributed by atoms with E-state index in [2.05, 4.69) is 178 Å². The van der Waals surface area contributed by atoms with Crippen molar-refractivity contribution in [1.82, 2.24) is 0 Å². The van der Waals surface area contributed by atoms with Gasteiger partial charge >= 0.3 is 0 Å². The van der Waals surface area contributed by atoms with Gasteiger partial charge in [0, 0.05) is 107 Å². The molecule has 6 nitrogen and oxygen atoms in total. The second-order valence-electron chi connectivity index (χ2n) is 17.0. The Hall–Kier alpha value is -5.10. The molecule has 4 saturated heterocycles. The van der Waals surface area contributed by atoms with E-state index >= 15 is 0 Å². The topological polar surface area (TPSA) is 19.4 Å². The van der Waals surface area contributed by atoms with E-state index in [0.717, 1.165) is 37.6 Å². The van der Waals surface area contributed by atoms with E-state index in [-0.39, 0.29) is 0 Å². The molecule has 0 amide bonds. The standard InChI is InChI=1S/C50H60N6/c1-37-9-5-33-51(37)41-13-21-45(22-14-41)55(46-23-15-42(16-24-46)52-34-6-10-38(52)2)49-29-31-50(32-30-49)56(47-25-17-43(18-26-47)53-35-7-11-39(53)3)48-27-19-44(20-28-48)54-36-8-12-40(54)4/h13-32,37-40H,5-12,33-36H2,1-4H3. The minimum absolute atomic E-state index is 0.591. The van der Waals surface area contributed by atoms with Gasteiger partial charge in [0.15, 0.2) is 0 Å². The largest absolute Gasteiger partial charge is 0.369 e. The van der Waals surface area contributed by atoms with Gasteiger partial charge in [0.1, 0.15) is 0 Å². The van der Waals surface area contributed by atoms with Crippen molar-refractivity contribution in [3.05, 3.63) is 121 Å². The molecule has 0 radical (unpaired) electrons. The fourth-order valence-electron chi connectivity index (χ4n) is 10.1. The van der Waals surface area contributed by atoms with Crippen molar-refractivity contribution in [2.24, 2.45) is 0 Å². The minimum atomic E-state index is 0.591. The van der Waals surface area contributed by atoms with Gasteiger partial charge in [-0.1, -0.05) is 0 Å². The molecule has 0 N–H and O–H groups in total. The lowest BCUT2D eigenvalue weighted by Gasteiger charge is -2.30. The van der Waals surface area contributed by atoms with Crippen LogP contribution in [0.2, 0.25) is 0 Å². The van der Waals surface area contributed by atoms with Crippen LogP contribution in [0.1, 0.15) is 79.1 Å². The van der Waals surface area contributed by atoms with Crippen LogP contribution in [0.5, 0.6) is 0 Å². The van der Waals surface area contributed by atoms with Crippen LogP contribution >= 0.6 is 0 Å². The molecule has 290 valence electrons. The predicted octanol–water partition coefficient (Wildman–Crippen LogP) is 12.6. The molecule has 4 unspecified atom stereocenters. The predicted molar refractivity (Wildman–Crippen MR) is 240 cm³/mol. The Kier molecular flexibility index (Phi) is 10.3. The maximum atomic E-state index is 2.56. The number of nitrogens with zero attached hydrogens (tertiary/aromatic N) is 6. The third kappa shape index (κ3) is 7.19. The lowest BCUT2D eigenvalue weighted by molar-refractivity contribution is 0.735. The number of benzene rings is 5. The number of rotatable bonds is 10. The summed E-state index contributed by atoms with van der Waals surface area (Å²) in [6.07, 6.45) is 10.1. The summed E-state index contributed by atoms with van der Waals surface area (Å²) in [5, 5.41) is 0. The Morgan fingerprint density at radius 3 is 0.643 bits per heavy atom. The highest BCUT2D eigenvalue weighted by atomic mass is 15.2. The van der Waals surface area contributed by atoms with Gasteiger partial charge in [-0.15, -0.1) is 0 Å². The van der Waals surface area contributed by atoms with Crippen LogP contribution in [0.25, 0.3) is 0 Å². The highest BCUT2D eigenvalue weighted by Crippen LogP contribution is 2.42. The highest BCUT2D eigenvalue weighted by molar-refractivity contribution is 5.83. The van der Waals surface area contributed by atoms with Gasteiger partial charge in [0.25, 0.3) is 0 Å². The van der Waals surface area contributed by atoms with Crippen LogP contribution < -0.4 is 29.4 Å². The SMILES string of the molecule is CC1CCCN1c1ccc(N(c2ccc(N(c3ccc(N4CCCC4C)cc3)c3ccc(N4CCCC4C)cc3)cc2)c2ccc(N3CCCC3C)cc2)cc1. The maximum Gasteiger partial charge on any atom is 0.0463 e. The fraction of sp³-hybridized carbons (Fsp3) is 0.400. The molecule has 0 aliphatic carbocycles. The lowest BCUT2D eigenvalue weighted by atomic mass is 10.1. The van der Waals surface area contributed by atoms with Gasteiger partial charge in [-0.2, -0.15) is 0 Å². The van der Waals surface area contributed by atoms with Crippen LogP contribution in [0.4, 0.5) is 56.9 Å². The van der Waals surface area contributed by atoms with E-state index in [9.17, 15) is 0 Å². The normalized spacial score (nSPS) is 22.4. The van der Waals surface area contributed by atoms with Crippen LogP contribution in [0.15, 0.2) is 121 Å². The summed E-state index contributed by atoms with van der Waals surface area (Å²) in [6.45, 7) is 14.0.